The number of morpholine rings is 1. The van der Waals surface area contributed by atoms with Crippen molar-refractivity contribution >= 4 is 17.2 Å². The maximum Gasteiger partial charge on any atom is 0.250 e. The molecule has 4 heterocycles. The summed E-state index contributed by atoms with van der Waals surface area (Å²) < 4.78 is 7.03. The van der Waals surface area contributed by atoms with E-state index >= 15 is 0 Å². The van der Waals surface area contributed by atoms with Crippen LogP contribution in [-0.2, 0) is 4.74 Å². The number of nitrogens with zero attached hydrogens (tertiary/aromatic N) is 7. The normalized spacial score (nSPS) is 14.1. The molecule has 0 atom stereocenters. The predicted octanol–water partition coefficient (Wildman–Crippen LogP) is 3.75. The number of anilines is 1. The van der Waals surface area contributed by atoms with Crippen LogP contribution in [0.15, 0.2) is 36.8 Å². The van der Waals surface area contributed by atoms with Crippen molar-refractivity contribution in [1.29, 1.82) is 5.41 Å². The largest absolute Gasteiger partial charge is 0.462 e. The first-order valence-electron chi connectivity index (χ1n) is 10.6. The van der Waals surface area contributed by atoms with Crippen molar-refractivity contribution in [3.05, 3.63) is 47.7 Å². The van der Waals surface area contributed by atoms with E-state index in [-0.39, 0.29) is 6.04 Å². The molecule has 9 nitrogen and oxygen atoms in total. The Labute approximate surface area is 182 Å². The van der Waals surface area contributed by atoms with Crippen LogP contribution in [0.2, 0.25) is 0 Å². The third-order valence-electron chi connectivity index (χ3n) is 4.99. The number of hydrogen-bond acceptors (Lipinski definition) is 7. The fourth-order valence-corrected chi connectivity index (χ4v) is 3.35. The minimum absolute atomic E-state index is 0.0853. The van der Waals surface area contributed by atoms with E-state index < -0.39 is 0 Å². The molecule has 0 saturated carbocycles. The summed E-state index contributed by atoms with van der Waals surface area (Å²) in [5.74, 6) is 1.08. The molecule has 3 aromatic heterocycles. The molecule has 0 spiro atoms. The van der Waals surface area contributed by atoms with Crippen molar-refractivity contribution in [2.75, 3.05) is 31.2 Å². The first-order chi connectivity index (χ1) is 15.0. The quantitative estimate of drug-likeness (QED) is 0.585. The average Bonchev–Trinajstić information content (AvgIpc) is 3.29. The summed E-state index contributed by atoms with van der Waals surface area (Å²) in [5, 5.41) is 17.4. The van der Waals surface area contributed by atoms with E-state index in [1.165, 1.54) is 0 Å². The van der Waals surface area contributed by atoms with Crippen molar-refractivity contribution in [2.45, 2.75) is 33.2 Å². The first-order valence-corrected chi connectivity index (χ1v) is 10.6. The summed E-state index contributed by atoms with van der Waals surface area (Å²) >= 11 is 0. The molecule has 0 radical (unpaired) electrons. The van der Waals surface area contributed by atoms with E-state index in [4.69, 9.17) is 15.1 Å². The van der Waals surface area contributed by atoms with Gasteiger partial charge in [-0.2, -0.15) is 5.10 Å². The van der Waals surface area contributed by atoms with Gasteiger partial charge in [-0.15, -0.1) is 0 Å². The fourth-order valence-electron chi connectivity index (χ4n) is 3.35. The van der Waals surface area contributed by atoms with Gasteiger partial charge in [-0.1, -0.05) is 38.7 Å². The Morgan fingerprint density at radius 2 is 1.87 bits per heavy atom. The van der Waals surface area contributed by atoms with Crippen LogP contribution in [-0.4, -0.2) is 62.8 Å². The summed E-state index contributed by atoms with van der Waals surface area (Å²) in [4.78, 5) is 15.9. The van der Waals surface area contributed by atoms with Crippen LogP contribution in [0.5, 0.6) is 0 Å². The predicted molar refractivity (Wildman–Crippen MR) is 121 cm³/mol. The molecular weight excluding hydrogens is 392 g/mol. The van der Waals surface area contributed by atoms with E-state index in [1.807, 2.05) is 57.6 Å². The van der Waals surface area contributed by atoms with Crippen molar-refractivity contribution < 1.29 is 4.74 Å². The molecule has 0 unspecified atom stereocenters. The van der Waals surface area contributed by atoms with Gasteiger partial charge in [0.05, 0.1) is 37.0 Å². The molecular formula is C22H27N8O-. The molecule has 0 aromatic carbocycles. The Morgan fingerprint density at radius 3 is 2.55 bits per heavy atom. The maximum atomic E-state index is 8.20. The molecule has 0 aliphatic carbocycles. The van der Waals surface area contributed by atoms with E-state index in [0.717, 1.165) is 37.6 Å². The zero-order chi connectivity index (χ0) is 21.8. The van der Waals surface area contributed by atoms with Crippen LogP contribution < -0.4 is 4.90 Å². The van der Waals surface area contributed by atoms with Gasteiger partial charge in [0.15, 0.2) is 0 Å². The smallest absolute Gasteiger partial charge is 0.250 e. The second-order valence-corrected chi connectivity index (χ2v) is 7.61. The lowest BCUT2D eigenvalue weighted by atomic mass is 10.1. The maximum absolute atomic E-state index is 8.20. The Bertz CT molecular complexity index is 1040. The minimum Gasteiger partial charge on any atom is -0.462 e. The second kappa shape index (κ2) is 9.22. The number of rotatable bonds is 7. The van der Waals surface area contributed by atoms with E-state index in [9.17, 15) is 0 Å². The van der Waals surface area contributed by atoms with Gasteiger partial charge >= 0.3 is 0 Å². The van der Waals surface area contributed by atoms with Crippen LogP contribution >= 0.6 is 0 Å². The molecule has 9 heteroatoms. The third-order valence-corrected chi connectivity index (χ3v) is 4.99. The zero-order valence-corrected chi connectivity index (χ0v) is 18.1. The number of aromatic nitrogens is 5. The highest BCUT2D eigenvalue weighted by atomic mass is 16.5. The van der Waals surface area contributed by atoms with Gasteiger partial charge in [-0.25, -0.2) is 14.6 Å². The lowest BCUT2D eigenvalue weighted by molar-refractivity contribution is 0.122. The Kier molecular flexibility index (Phi) is 6.22. The first kappa shape index (κ1) is 20.9. The molecule has 1 fully saturated rings. The lowest BCUT2D eigenvalue weighted by Crippen LogP contribution is -2.36. The van der Waals surface area contributed by atoms with Gasteiger partial charge in [0, 0.05) is 25.0 Å². The SMILES string of the molecule is CCC(=N)c1ccc(-c2ccn(-c3ncc(N4CCOCC4)cn3)n2)nc1[N-]C(C)C. The summed E-state index contributed by atoms with van der Waals surface area (Å²) in [6, 6.07) is 5.75. The molecule has 0 bridgehead atoms. The molecule has 1 aliphatic rings. The van der Waals surface area contributed by atoms with E-state index in [0.29, 0.717) is 35.3 Å². The number of ether oxygens (including phenoxy) is 1. The minimum atomic E-state index is 0.0853. The van der Waals surface area contributed by atoms with Crippen LogP contribution in [0.1, 0.15) is 32.8 Å². The van der Waals surface area contributed by atoms with Gasteiger partial charge in [-0.3, -0.25) is 0 Å². The summed E-state index contributed by atoms with van der Waals surface area (Å²) in [5.41, 5.74) is 3.68. The molecule has 162 valence electrons. The van der Waals surface area contributed by atoms with Crippen LogP contribution in [0.4, 0.5) is 11.5 Å². The highest BCUT2D eigenvalue weighted by molar-refractivity contribution is 6.02. The molecule has 0 amide bonds. The van der Waals surface area contributed by atoms with Crippen molar-refractivity contribution in [2.24, 2.45) is 0 Å². The topological polar surface area (TPSA) is 107 Å². The Hall–Kier alpha value is -3.33. The van der Waals surface area contributed by atoms with Crippen molar-refractivity contribution in [1.82, 2.24) is 24.7 Å². The van der Waals surface area contributed by atoms with Crippen LogP contribution in [0.25, 0.3) is 22.7 Å². The number of nitrogens with one attached hydrogen (secondary N) is 1. The number of pyridine rings is 1. The third kappa shape index (κ3) is 4.72. The van der Waals surface area contributed by atoms with Crippen LogP contribution in [0, 0.1) is 5.41 Å². The standard InChI is InChI=1S/C22H27N8O/c1-4-18(23)17-5-6-19(27-21(17)26-15(2)3)20-7-8-30(28-20)22-24-13-16(14-25-22)29-9-11-31-12-10-29/h5-8,13-15,23H,4,9-12H2,1-3H3/q-1. The molecule has 1 aliphatic heterocycles. The van der Waals surface area contributed by atoms with Gasteiger partial charge in [0.25, 0.3) is 5.95 Å². The summed E-state index contributed by atoms with van der Waals surface area (Å²) in [7, 11) is 0. The molecule has 3 aromatic rings. The Morgan fingerprint density at radius 1 is 1.13 bits per heavy atom. The van der Waals surface area contributed by atoms with E-state index in [2.05, 4.69) is 25.3 Å². The average molecular weight is 420 g/mol. The molecule has 1 N–H and O–H groups in total. The van der Waals surface area contributed by atoms with Gasteiger partial charge in [-0.05, 0) is 29.8 Å². The molecule has 31 heavy (non-hydrogen) atoms. The fraction of sp³-hybridized carbons (Fsp3) is 0.409. The van der Waals surface area contributed by atoms with Gasteiger partial charge in [0.1, 0.15) is 0 Å². The van der Waals surface area contributed by atoms with Gasteiger partial charge < -0.3 is 25.3 Å². The monoisotopic (exact) mass is 419 g/mol. The van der Waals surface area contributed by atoms with Crippen molar-refractivity contribution in [3.8, 4) is 17.3 Å². The second-order valence-electron chi connectivity index (χ2n) is 7.61. The zero-order valence-electron chi connectivity index (χ0n) is 18.1. The highest BCUT2D eigenvalue weighted by Crippen LogP contribution is 2.28. The lowest BCUT2D eigenvalue weighted by Gasteiger charge is -2.28. The van der Waals surface area contributed by atoms with Gasteiger partial charge in [0.2, 0.25) is 0 Å². The summed E-state index contributed by atoms with van der Waals surface area (Å²) in [6.07, 6.45) is 6.09. The van der Waals surface area contributed by atoms with E-state index in [1.54, 1.807) is 4.68 Å². The van der Waals surface area contributed by atoms with Crippen molar-refractivity contribution in [3.63, 3.8) is 0 Å². The summed E-state index contributed by atoms with van der Waals surface area (Å²) in [6.45, 7) is 9.09. The molecule has 1 saturated heterocycles. The van der Waals surface area contributed by atoms with Crippen LogP contribution in [0.3, 0.4) is 0 Å². The number of hydrogen-bond donors (Lipinski definition) is 1. The highest BCUT2D eigenvalue weighted by Gasteiger charge is 2.13. The Balaban J connectivity index is 1.57. The molecule has 4 rings (SSSR count).